The highest BCUT2D eigenvalue weighted by molar-refractivity contribution is 8.21. The lowest BCUT2D eigenvalue weighted by atomic mass is 10.8. The van der Waals surface area contributed by atoms with Crippen molar-refractivity contribution in [3.05, 3.63) is 0 Å². The van der Waals surface area contributed by atoms with Crippen LogP contribution in [0, 0.1) is 5.69 Å². The zero-order valence-electron chi connectivity index (χ0n) is 5.19. The van der Waals surface area contributed by atoms with Crippen LogP contribution in [-0.4, -0.2) is 19.1 Å². The van der Waals surface area contributed by atoms with Gasteiger partial charge in [-0.25, -0.2) is 0 Å². The number of rotatable bonds is 1. The molecule has 0 radical (unpaired) electrons. The molecule has 0 saturated heterocycles. The first-order valence-electron chi connectivity index (χ1n) is 2.32. The summed E-state index contributed by atoms with van der Waals surface area (Å²) in [6.07, 6.45) is 4.05. The van der Waals surface area contributed by atoms with Crippen LogP contribution in [0.15, 0.2) is 0 Å². The summed E-state index contributed by atoms with van der Waals surface area (Å²) in [7, 11) is -0.924. The van der Waals surface area contributed by atoms with E-state index in [1.165, 1.54) is 0 Å². The third-order valence-corrected chi connectivity index (χ3v) is 1.55. The number of hydrogen-bond donors (Lipinski definition) is 1. The van der Waals surface area contributed by atoms with Crippen LogP contribution in [0.3, 0.4) is 0 Å². The number of hydrogen-bond acceptors (Lipinski definition) is 1. The average Bonchev–Trinajstić information content (AvgIpc) is 1.30. The predicted molar refractivity (Wildman–Crippen MR) is 38.1 cm³/mol. The molecule has 0 unspecified atom stereocenters. The van der Waals surface area contributed by atoms with Gasteiger partial charge >= 0.3 is 0 Å². The largest absolute Gasteiger partial charge is 0.273 e. The van der Waals surface area contributed by atoms with Crippen molar-refractivity contribution < 1.29 is 0 Å². The fourth-order valence-electron chi connectivity index (χ4n) is 0.372. The molecule has 0 rings (SSSR count). The maximum absolute atomic E-state index is 5.62. The molecule has 0 aromatic heterocycles. The summed E-state index contributed by atoms with van der Waals surface area (Å²) in [5, 5.41) is 0. The molecule has 0 saturated carbocycles. The fraction of sp³-hybridized carbons (Fsp3) is 0.800. The van der Waals surface area contributed by atoms with E-state index < -0.39 is 9.62 Å². The van der Waals surface area contributed by atoms with Crippen LogP contribution in [0.2, 0.25) is 0 Å². The summed E-state index contributed by atoms with van der Waals surface area (Å²) >= 11 is 0. The monoisotopic (exact) mass is 119 g/mol. The second-order valence-electron chi connectivity index (χ2n) is 1.90. The third-order valence-electron chi connectivity index (χ3n) is 0.516. The molecule has 0 fully saturated rings. The maximum Gasteiger partial charge on any atom is 0.00230 e. The van der Waals surface area contributed by atoms with Crippen molar-refractivity contribution in [2.45, 2.75) is 6.92 Å². The topological polar surface area (TPSA) is 12.0 Å². The first-order chi connectivity index (χ1) is 3.06. The normalized spacial score (nSPS) is 11.7. The molecule has 1 nitrogen and oxygen atoms in total. The van der Waals surface area contributed by atoms with Gasteiger partial charge in [-0.2, -0.15) is 0 Å². The summed E-state index contributed by atoms with van der Waals surface area (Å²) in [5.74, 6) is 0. The summed E-state index contributed by atoms with van der Waals surface area (Å²) < 4.78 is 3.15. The summed E-state index contributed by atoms with van der Waals surface area (Å²) in [6.45, 7) is 3.03. The molecule has 0 bridgehead atoms. The molecule has 0 aliphatic heterocycles. The molecule has 0 atom stereocenters. The predicted octanol–water partition coefficient (Wildman–Crippen LogP) is 1.16. The summed E-state index contributed by atoms with van der Waals surface area (Å²) in [6, 6.07) is 0. The van der Waals surface area contributed by atoms with Crippen molar-refractivity contribution in [3.63, 3.8) is 0 Å². The van der Waals surface area contributed by atoms with Gasteiger partial charge in [0, 0.05) is 6.54 Å². The van der Waals surface area contributed by atoms with E-state index in [0.717, 1.165) is 6.54 Å². The molecule has 0 aromatic carbocycles. The van der Waals surface area contributed by atoms with Crippen molar-refractivity contribution in [3.8, 4) is 5.69 Å². The van der Waals surface area contributed by atoms with Crippen LogP contribution in [0.1, 0.15) is 6.92 Å². The highest BCUT2D eigenvalue weighted by Crippen LogP contribution is 2.11. The van der Waals surface area contributed by atoms with E-state index in [2.05, 4.69) is 11.6 Å². The van der Waals surface area contributed by atoms with Crippen LogP contribution in [0.25, 0.3) is 0 Å². The van der Waals surface area contributed by atoms with Gasteiger partial charge in [-0.15, -0.1) is 15.3 Å². The maximum atomic E-state index is 5.62. The van der Waals surface area contributed by atoms with Crippen LogP contribution in [0.4, 0.5) is 0 Å². The van der Waals surface area contributed by atoms with Gasteiger partial charge in [0.05, 0.1) is 0 Å². The van der Waals surface area contributed by atoms with Crippen molar-refractivity contribution in [2.75, 3.05) is 19.1 Å². The quantitative estimate of drug-likeness (QED) is 0.546. The van der Waals surface area contributed by atoms with Crippen molar-refractivity contribution in [1.29, 1.82) is 0 Å². The minimum Gasteiger partial charge on any atom is -0.273 e. The van der Waals surface area contributed by atoms with Gasteiger partial charge in [0.25, 0.3) is 0 Å². The lowest BCUT2D eigenvalue weighted by Gasteiger charge is -2.10. The second kappa shape index (κ2) is 2.41. The van der Waals surface area contributed by atoms with Gasteiger partial charge in [-0.3, -0.25) is 4.72 Å². The summed E-state index contributed by atoms with van der Waals surface area (Å²) in [4.78, 5) is 0. The Labute approximate surface area is 46.8 Å². The van der Waals surface area contributed by atoms with E-state index in [0.29, 0.717) is 0 Å². The minimum absolute atomic E-state index is 0.924. The lowest BCUT2D eigenvalue weighted by molar-refractivity contribution is 1.03. The molecule has 0 aliphatic carbocycles. The Balaban J connectivity index is 3.45. The fourth-order valence-corrected chi connectivity index (χ4v) is 1.12. The molecule has 44 valence electrons. The van der Waals surface area contributed by atoms with Crippen molar-refractivity contribution in [1.82, 2.24) is 4.72 Å². The Morgan fingerprint density at radius 1 is 1.57 bits per heavy atom. The van der Waals surface area contributed by atoms with E-state index in [4.69, 9.17) is 5.69 Å². The van der Waals surface area contributed by atoms with Gasteiger partial charge in [-0.1, -0.05) is 6.92 Å². The van der Waals surface area contributed by atoms with E-state index in [1.807, 2.05) is 12.5 Å². The SMILES string of the molecule is C#S(C)(C)NCC. The van der Waals surface area contributed by atoms with E-state index in [9.17, 15) is 0 Å². The Kier molecular flexibility index (Phi) is 2.44. The van der Waals surface area contributed by atoms with E-state index in [1.54, 1.807) is 0 Å². The molecule has 0 amide bonds. The first-order valence-corrected chi connectivity index (χ1v) is 4.83. The Bertz CT molecular complexity index is 120. The smallest absolute Gasteiger partial charge is 0.00230 e. The molecule has 0 heterocycles. The Morgan fingerprint density at radius 3 is 2.00 bits per heavy atom. The Morgan fingerprint density at radius 2 is 2.00 bits per heavy atom. The standard InChI is InChI=1S/C5H13NS/c1-5-6-7(2,3)4/h2,6H,5H2,1,3-4H3. The molecule has 1 N–H and O–H groups in total. The van der Waals surface area contributed by atoms with Gasteiger partial charge in [0.1, 0.15) is 0 Å². The van der Waals surface area contributed by atoms with Gasteiger partial charge in [-0.05, 0) is 12.5 Å². The molecule has 0 aliphatic rings. The third kappa shape index (κ3) is 6.09. The zero-order valence-corrected chi connectivity index (χ0v) is 6.01. The van der Waals surface area contributed by atoms with Crippen LogP contribution in [-0.2, 0) is 0 Å². The highest BCUT2D eigenvalue weighted by Gasteiger charge is 1.84. The van der Waals surface area contributed by atoms with Crippen LogP contribution in [0.5, 0.6) is 0 Å². The number of nitrogens with one attached hydrogen (secondary N) is 1. The molecule has 2 heteroatoms. The second-order valence-corrected chi connectivity index (χ2v) is 5.00. The van der Waals surface area contributed by atoms with Crippen molar-refractivity contribution in [2.24, 2.45) is 0 Å². The van der Waals surface area contributed by atoms with Crippen LogP contribution < -0.4 is 4.72 Å². The lowest BCUT2D eigenvalue weighted by Crippen LogP contribution is -2.08. The Hall–Kier alpha value is 0.0900. The van der Waals surface area contributed by atoms with E-state index in [-0.39, 0.29) is 0 Å². The summed E-state index contributed by atoms with van der Waals surface area (Å²) in [5.41, 5.74) is 5.62. The molecule has 0 spiro atoms. The van der Waals surface area contributed by atoms with Gasteiger partial charge in [0.15, 0.2) is 0 Å². The molecular weight excluding hydrogens is 106 g/mol. The molecular formula is C5H13NS. The zero-order chi connectivity index (χ0) is 5.91. The first kappa shape index (κ1) is 7.09. The molecule has 7 heavy (non-hydrogen) atoms. The van der Waals surface area contributed by atoms with Crippen LogP contribution >= 0.6 is 9.62 Å². The van der Waals surface area contributed by atoms with E-state index >= 15 is 0 Å². The van der Waals surface area contributed by atoms with Gasteiger partial charge < -0.3 is 0 Å². The minimum atomic E-state index is -0.924. The molecule has 0 aromatic rings. The van der Waals surface area contributed by atoms with Gasteiger partial charge in [0.2, 0.25) is 0 Å². The highest BCUT2D eigenvalue weighted by atomic mass is 32.2. The van der Waals surface area contributed by atoms with Crippen molar-refractivity contribution >= 4 is 9.62 Å². The average molecular weight is 119 g/mol.